The van der Waals surface area contributed by atoms with Crippen molar-refractivity contribution < 1.29 is 89.9 Å². The molecule has 0 spiro atoms. The molecule has 0 saturated heterocycles. The van der Waals surface area contributed by atoms with Crippen molar-refractivity contribution in [1.82, 2.24) is 0 Å². The summed E-state index contributed by atoms with van der Waals surface area (Å²) in [4.78, 5) is 11.2. The van der Waals surface area contributed by atoms with Gasteiger partial charge in [0.2, 0.25) is 5.78 Å². The molecule has 1 aliphatic rings. The van der Waals surface area contributed by atoms with Gasteiger partial charge in [0.05, 0.1) is 15.5 Å². The Labute approximate surface area is 224 Å². The number of hydrogen-bond donors (Lipinski definition) is 1. The normalized spacial score (nSPS) is 14.8. The third-order valence-electron chi connectivity index (χ3n) is 4.23. The van der Waals surface area contributed by atoms with Crippen LogP contribution in [0, 0.1) is 13.8 Å². The van der Waals surface area contributed by atoms with Gasteiger partial charge in [-0.3, -0.25) is 10.2 Å². The predicted molar refractivity (Wildman–Crippen MR) is 103 cm³/mol. The summed E-state index contributed by atoms with van der Waals surface area (Å²) in [7, 11) is -9.96. The van der Waals surface area contributed by atoms with Gasteiger partial charge in [-0.1, -0.05) is 17.7 Å². The number of carbonyl (C=O) groups is 1. The second kappa shape index (κ2) is 10.4. The zero-order chi connectivity index (χ0) is 21.6. The van der Waals surface area contributed by atoms with Gasteiger partial charge in [-0.05, 0) is 55.3 Å². The van der Waals surface area contributed by atoms with Crippen molar-refractivity contribution in [3.05, 3.63) is 63.6 Å². The van der Waals surface area contributed by atoms with Crippen LogP contribution in [-0.2, 0) is 20.2 Å². The molecular weight excluding hydrogens is 466 g/mol. The number of hydrogen-bond acceptors (Lipinski definition) is 9. The number of fused-ring (bicyclic) bond motifs is 1. The van der Waals surface area contributed by atoms with Crippen LogP contribution >= 0.6 is 0 Å². The van der Waals surface area contributed by atoms with Crippen molar-refractivity contribution >= 4 is 43.5 Å². The summed E-state index contributed by atoms with van der Waals surface area (Å²) in [5.74, 6) is -0.899. The van der Waals surface area contributed by atoms with Crippen molar-refractivity contribution in [3.63, 3.8) is 0 Å². The SMILES string of the molecule is Cc1ccc(N/N=C2/C(=O)c3ccc(S(=O)(=O)[O-])cc3C=C2S(=O)(=O)[O-])c(C)c1.[Na+].[Na+]. The maximum Gasteiger partial charge on any atom is 1.00 e. The van der Waals surface area contributed by atoms with E-state index in [0.717, 1.165) is 35.4 Å². The zero-order valence-electron chi connectivity index (χ0n) is 17.2. The number of anilines is 1. The second-order valence-corrected chi connectivity index (χ2v) is 9.11. The van der Waals surface area contributed by atoms with E-state index < -0.39 is 41.5 Å². The minimum Gasteiger partial charge on any atom is -0.744 e. The molecule has 3 rings (SSSR count). The third-order valence-corrected chi connectivity index (χ3v) is 5.91. The van der Waals surface area contributed by atoms with Crippen LogP contribution < -0.4 is 64.5 Å². The van der Waals surface area contributed by atoms with Crippen LogP contribution in [0.25, 0.3) is 6.08 Å². The molecule has 0 saturated carbocycles. The summed E-state index contributed by atoms with van der Waals surface area (Å²) in [6.45, 7) is 3.66. The van der Waals surface area contributed by atoms with Crippen LogP contribution in [0.1, 0.15) is 27.0 Å². The van der Waals surface area contributed by atoms with Crippen molar-refractivity contribution in [2.24, 2.45) is 5.10 Å². The Balaban J connectivity index is 0.00000240. The van der Waals surface area contributed by atoms with Crippen molar-refractivity contribution in [1.29, 1.82) is 0 Å². The molecular formula is C18H14N2Na2O7S2. The Kier molecular flexibility index (Phi) is 9.44. The number of allylic oxidation sites excluding steroid dienone is 1. The minimum absolute atomic E-state index is 0. The summed E-state index contributed by atoms with van der Waals surface area (Å²) < 4.78 is 68.6. The van der Waals surface area contributed by atoms with Crippen molar-refractivity contribution in [3.8, 4) is 0 Å². The fraction of sp³-hybridized carbons (Fsp3) is 0.111. The maximum absolute atomic E-state index is 12.8. The molecule has 1 N–H and O–H groups in total. The average molecular weight is 480 g/mol. The summed E-state index contributed by atoms with van der Waals surface area (Å²) in [5.41, 5.74) is 3.94. The molecule has 0 aliphatic heterocycles. The fourth-order valence-electron chi connectivity index (χ4n) is 2.82. The van der Waals surface area contributed by atoms with Gasteiger partial charge in [-0.25, -0.2) is 16.8 Å². The van der Waals surface area contributed by atoms with E-state index in [9.17, 15) is 30.7 Å². The molecule has 0 aromatic heterocycles. The van der Waals surface area contributed by atoms with Gasteiger partial charge in [0.1, 0.15) is 25.9 Å². The number of aryl methyl sites for hydroxylation is 2. The molecule has 2 aromatic rings. The van der Waals surface area contributed by atoms with Crippen molar-refractivity contribution in [2.75, 3.05) is 5.43 Å². The number of hydrazone groups is 1. The average Bonchev–Trinajstić information content (AvgIpc) is 2.60. The van der Waals surface area contributed by atoms with Gasteiger partial charge >= 0.3 is 59.1 Å². The van der Waals surface area contributed by atoms with Crippen LogP contribution in [0.5, 0.6) is 0 Å². The summed E-state index contributed by atoms with van der Waals surface area (Å²) >= 11 is 0. The molecule has 0 bridgehead atoms. The van der Waals surface area contributed by atoms with Crippen molar-refractivity contribution in [2.45, 2.75) is 18.7 Å². The first-order valence-electron chi connectivity index (χ1n) is 8.11. The largest absolute Gasteiger partial charge is 1.00 e. The quantitative estimate of drug-likeness (QED) is 0.262. The number of ketones is 1. The summed E-state index contributed by atoms with van der Waals surface area (Å²) in [6, 6.07) is 8.13. The number of nitrogens with zero attached hydrogens (tertiary/aromatic N) is 1. The first-order chi connectivity index (χ1) is 13.4. The number of rotatable bonds is 4. The van der Waals surface area contributed by atoms with Gasteiger partial charge < -0.3 is 9.11 Å². The topological polar surface area (TPSA) is 156 Å². The minimum atomic E-state index is -5.13. The van der Waals surface area contributed by atoms with Crippen LogP contribution in [-0.4, -0.2) is 37.4 Å². The van der Waals surface area contributed by atoms with Gasteiger partial charge in [-0.2, -0.15) is 5.10 Å². The van der Waals surface area contributed by atoms with E-state index in [1.165, 1.54) is 0 Å². The van der Waals surface area contributed by atoms with E-state index >= 15 is 0 Å². The summed E-state index contributed by atoms with van der Waals surface area (Å²) in [5, 5.41) is 3.83. The Hall–Kier alpha value is -0.860. The molecule has 0 radical (unpaired) electrons. The van der Waals surface area contributed by atoms with Gasteiger partial charge in [0.15, 0.2) is 0 Å². The zero-order valence-corrected chi connectivity index (χ0v) is 22.8. The Morgan fingerprint density at radius 2 is 1.55 bits per heavy atom. The molecule has 31 heavy (non-hydrogen) atoms. The Morgan fingerprint density at radius 1 is 0.903 bits per heavy atom. The molecule has 0 heterocycles. The molecule has 13 heteroatoms. The van der Waals surface area contributed by atoms with Gasteiger partial charge in [0.25, 0.3) is 0 Å². The molecule has 0 fully saturated rings. The van der Waals surface area contributed by atoms with Gasteiger partial charge in [-0.15, -0.1) is 0 Å². The molecule has 0 atom stereocenters. The summed E-state index contributed by atoms with van der Waals surface area (Å²) in [6.07, 6.45) is 0.830. The van der Waals surface area contributed by atoms with E-state index in [0.29, 0.717) is 5.69 Å². The Bertz CT molecular complexity index is 1320. The van der Waals surface area contributed by atoms with Crippen LogP contribution in [0.15, 0.2) is 51.3 Å². The molecule has 1 aliphatic carbocycles. The third kappa shape index (κ3) is 6.35. The molecule has 9 nitrogen and oxygen atoms in total. The molecule has 2 aromatic carbocycles. The smallest absolute Gasteiger partial charge is 0.744 e. The van der Waals surface area contributed by atoms with Crippen LogP contribution in [0.4, 0.5) is 5.69 Å². The molecule has 0 unspecified atom stereocenters. The van der Waals surface area contributed by atoms with Crippen LogP contribution in [0.3, 0.4) is 0 Å². The first-order valence-corrected chi connectivity index (χ1v) is 10.9. The second-order valence-electron chi connectivity index (χ2n) is 6.39. The van der Waals surface area contributed by atoms with E-state index in [1.54, 1.807) is 19.1 Å². The number of benzene rings is 2. The first kappa shape index (κ1) is 28.2. The van der Waals surface area contributed by atoms with E-state index in [1.807, 2.05) is 13.0 Å². The van der Waals surface area contributed by atoms with E-state index in [-0.39, 0.29) is 70.2 Å². The monoisotopic (exact) mass is 480 g/mol. The number of carbonyl (C=O) groups excluding carboxylic acids is 1. The fourth-order valence-corrected chi connectivity index (χ4v) is 3.98. The number of nitrogens with one attached hydrogen (secondary N) is 1. The van der Waals surface area contributed by atoms with E-state index in [2.05, 4.69) is 10.5 Å². The number of Topliss-reactive ketones (excluding diaryl/α,β-unsaturated/α-hetero) is 1. The maximum atomic E-state index is 12.8. The molecule has 152 valence electrons. The van der Waals surface area contributed by atoms with Crippen LogP contribution in [0.2, 0.25) is 0 Å². The van der Waals surface area contributed by atoms with Gasteiger partial charge in [0, 0.05) is 5.56 Å². The van der Waals surface area contributed by atoms with E-state index in [4.69, 9.17) is 0 Å². The Morgan fingerprint density at radius 3 is 2.10 bits per heavy atom. The predicted octanol–water partition coefficient (Wildman–Crippen LogP) is -4.23. The molecule has 0 amide bonds. The standard InChI is InChI=1S/C18H16N2O7S2.2Na/c1-10-3-6-15(11(2)7-10)19-20-17-16(29(25,26)27)9-12-8-13(28(22,23)24)4-5-14(12)18(17)21;;/h3-9,19H,1-2H3,(H,22,23,24)(H,25,26,27);;/q;2*+1/p-2/b20-17+;;.